The van der Waals surface area contributed by atoms with E-state index in [-0.39, 0.29) is 6.04 Å². The van der Waals surface area contributed by atoms with Gasteiger partial charge in [0.15, 0.2) is 17.5 Å². The molecule has 0 unspecified atom stereocenters. The van der Waals surface area contributed by atoms with Crippen LogP contribution in [0.2, 0.25) is 0 Å². The lowest BCUT2D eigenvalue weighted by Crippen LogP contribution is -2.29. The first-order valence-electron chi connectivity index (χ1n) is 7.06. The molecule has 0 saturated carbocycles. The fourth-order valence-electron chi connectivity index (χ4n) is 2.19. The van der Waals surface area contributed by atoms with Crippen molar-refractivity contribution in [2.75, 3.05) is 7.11 Å². The molecule has 1 amide bonds. The number of halogens is 3. The van der Waals surface area contributed by atoms with Crippen LogP contribution in [0.1, 0.15) is 35.3 Å². The first-order chi connectivity index (χ1) is 11.0. The maximum absolute atomic E-state index is 13.7. The molecule has 0 radical (unpaired) electrons. The molecule has 0 aliphatic carbocycles. The number of nitrogens with one attached hydrogen (secondary N) is 1. The number of benzene rings is 2. The van der Waals surface area contributed by atoms with E-state index in [1.807, 2.05) is 6.92 Å². The Kier molecular flexibility index (Phi) is 5.26. The molecular weight excluding hydrogens is 307 g/mol. The minimum absolute atomic E-state index is 0.388. The molecule has 6 heteroatoms. The number of ether oxygens (including phenoxy) is 1. The van der Waals surface area contributed by atoms with Crippen LogP contribution in [0.25, 0.3) is 0 Å². The first-order valence-corrected chi connectivity index (χ1v) is 7.06. The molecule has 0 bridgehead atoms. The molecule has 122 valence electrons. The lowest BCUT2D eigenvalue weighted by molar-refractivity contribution is 0.0930. The predicted octanol–water partition coefficient (Wildman–Crippen LogP) is 3.99. The largest absolute Gasteiger partial charge is 0.497 e. The highest BCUT2D eigenvalue weighted by Crippen LogP contribution is 2.22. The summed E-state index contributed by atoms with van der Waals surface area (Å²) in [5.74, 6) is -4.62. The van der Waals surface area contributed by atoms with Crippen LogP contribution in [-0.2, 0) is 0 Å². The Balaban J connectivity index is 2.21. The number of rotatable bonds is 5. The van der Waals surface area contributed by atoms with Gasteiger partial charge in [0.25, 0.3) is 5.91 Å². The van der Waals surface area contributed by atoms with Crippen LogP contribution >= 0.6 is 0 Å². The molecule has 0 aliphatic rings. The van der Waals surface area contributed by atoms with Crippen molar-refractivity contribution in [2.24, 2.45) is 0 Å². The van der Waals surface area contributed by atoms with E-state index >= 15 is 0 Å². The molecule has 0 heterocycles. The molecule has 1 atom stereocenters. The molecule has 3 nitrogen and oxygen atoms in total. The van der Waals surface area contributed by atoms with Crippen molar-refractivity contribution in [2.45, 2.75) is 19.4 Å². The second-order valence-corrected chi connectivity index (χ2v) is 4.93. The first kappa shape index (κ1) is 16.9. The van der Waals surface area contributed by atoms with E-state index in [0.717, 1.165) is 17.7 Å². The maximum Gasteiger partial charge on any atom is 0.254 e. The standard InChI is InChI=1S/C17H16F3NO2/c1-3-14(10-4-6-11(23-2)7-5-10)21-17(22)12-8-9-13(18)16(20)15(12)19/h4-9,14H,3H2,1-2H3,(H,21,22)/t14-/m0/s1. The Morgan fingerprint density at radius 3 is 2.30 bits per heavy atom. The van der Waals surface area contributed by atoms with Gasteiger partial charge in [-0.25, -0.2) is 13.2 Å². The van der Waals surface area contributed by atoms with Crippen molar-refractivity contribution in [1.29, 1.82) is 0 Å². The van der Waals surface area contributed by atoms with Crippen molar-refractivity contribution >= 4 is 5.91 Å². The van der Waals surface area contributed by atoms with Gasteiger partial charge in [-0.2, -0.15) is 0 Å². The molecular formula is C17H16F3NO2. The smallest absolute Gasteiger partial charge is 0.254 e. The fraction of sp³-hybridized carbons (Fsp3) is 0.235. The van der Waals surface area contributed by atoms with Crippen molar-refractivity contribution in [3.8, 4) is 5.75 Å². The molecule has 0 aliphatic heterocycles. The maximum atomic E-state index is 13.7. The van der Waals surface area contributed by atoms with E-state index in [4.69, 9.17) is 4.74 Å². The van der Waals surface area contributed by atoms with Gasteiger partial charge in [-0.1, -0.05) is 19.1 Å². The summed E-state index contributed by atoms with van der Waals surface area (Å²) >= 11 is 0. The van der Waals surface area contributed by atoms with Gasteiger partial charge in [-0.15, -0.1) is 0 Å². The number of carbonyl (C=O) groups excluding carboxylic acids is 1. The predicted molar refractivity (Wildman–Crippen MR) is 79.8 cm³/mol. The van der Waals surface area contributed by atoms with Crippen molar-refractivity contribution in [1.82, 2.24) is 5.32 Å². The Morgan fingerprint density at radius 2 is 1.74 bits per heavy atom. The molecule has 2 aromatic carbocycles. The van der Waals surface area contributed by atoms with Gasteiger partial charge in [-0.05, 0) is 36.2 Å². The molecule has 0 aromatic heterocycles. The van der Waals surface area contributed by atoms with E-state index in [9.17, 15) is 18.0 Å². The average Bonchev–Trinajstić information content (AvgIpc) is 2.57. The summed E-state index contributed by atoms with van der Waals surface area (Å²) < 4.78 is 44.9. The highest BCUT2D eigenvalue weighted by Gasteiger charge is 2.21. The van der Waals surface area contributed by atoms with E-state index in [2.05, 4.69) is 5.32 Å². The monoisotopic (exact) mass is 323 g/mol. The molecule has 1 N–H and O–H groups in total. The van der Waals surface area contributed by atoms with Gasteiger partial charge in [0.1, 0.15) is 5.75 Å². The van der Waals surface area contributed by atoms with Gasteiger partial charge in [0.2, 0.25) is 0 Å². The van der Waals surface area contributed by atoms with Crippen molar-refractivity contribution in [3.63, 3.8) is 0 Å². The number of hydrogen-bond donors (Lipinski definition) is 1. The third-order valence-corrected chi connectivity index (χ3v) is 3.51. The lowest BCUT2D eigenvalue weighted by Gasteiger charge is -2.18. The average molecular weight is 323 g/mol. The summed E-state index contributed by atoms with van der Waals surface area (Å²) in [7, 11) is 1.54. The third kappa shape index (κ3) is 3.64. The van der Waals surface area contributed by atoms with E-state index < -0.39 is 28.9 Å². The Hall–Kier alpha value is -2.50. The Bertz CT molecular complexity index is 702. The molecule has 0 spiro atoms. The number of amides is 1. The van der Waals surface area contributed by atoms with E-state index in [1.165, 1.54) is 0 Å². The summed E-state index contributed by atoms with van der Waals surface area (Å²) in [5, 5.41) is 2.62. The van der Waals surface area contributed by atoms with Crippen LogP contribution in [0.15, 0.2) is 36.4 Å². The minimum atomic E-state index is -1.66. The number of methoxy groups -OCH3 is 1. The number of carbonyl (C=O) groups is 1. The SMILES string of the molecule is CC[C@H](NC(=O)c1ccc(F)c(F)c1F)c1ccc(OC)cc1. The zero-order valence-corrected chi connectivity index (χ0v) is 12.7. The fourth-order valence-corrected chi connectivity index (χ4v) is 2.19. The van der Waals surface area contributed by atoms with Gasteiger partial charge in [0, 0.05) is 0 Å². The summed E-state index contributed by atoms with van der Waals surface area (Å²) in [5.41, 5.74) is 0.264. The van der Waals surface area contributed by atoms with Crippen LogP contribution in [0.5, 0.6) is 5.75 Å². The second-order valence-electron chi connectivity index (χ2n) is 4.93. The van der Waals surface area contributed by atoms with Crippen LogP contribution in [-0.4, -0.2) is 13.0 Å². The molecule has 2 rings (SSSR count). The summed E-state index contributed by atoms with van der Waals surface area (Å²) in [6, 6.07) is 8.28. The van der Waals surface area contributed by atoms with Crippen molar-refractivity contribution in [3.05, 3.63) is 65.0 Å². The van der Waals surface area contributed by atoms with E-state index in [1.54, 1.807) is 31.4 Å². The Labute approximate surface area is 132 Å². The van der Waals surface area contributed by atoms with Crippen LogP contribution < -0.4 is 10.1 Å². The van der Waals surface area contributed by atoms with Crippen LogP contribution in [0.3, 0.4) is 0 Å². The summed E-state index contributed by atoms with van der Waals surface area (Å²) in [6.07, 6.45) is 0.545. The highest BCUT2D eigenvalue weighted by atomic mass is 19.2. The highest BCUT2D eigenvalue weighted by molar-refractivity contribution is 5.94. The summed E-state index contributed by atoms with van der Waals surface area (Å²) in [4.78, 5) is 12.1. The number of hydrogen-bond acceptors (Lipinski definition) is 2. The van der Waals surface area contributed by atoms with E-state index in [0.29, 0.717) is 12.2 Å². The van der Waals surface area contributed by atoms with Gasteiger partial charge in [-0.3, -0.25) is 4.79 Å². The summed E-state index contributed by atoms with van der Waals surface area (Å²) in [6.45, 7) is 1.84. The normalized spacial score (nSPS) is 11.9. The zero-order valence-electron chi connectivity index (χ0n) is 12.7. The third-order valence-electron chi connectivity index (χ3n) is 3.51. The quantitative estimate of drug-likeness (QED) is 0.845. The molecule has 0 saturated heterocycles. The van der Waals surface area contributed by atoms with Gasteiger partial charge in [0.05, 0.1) is 18.7 Å². The Morgan fingerprint density at radius 1 is 1.09 bits per heavy atom. The molecule has 2 aromatic rings. The lowest BCUT2D eigenvalue weighted by atomic mass is 10.0. The minimum Gasteiger partial charge on any atom is -0.497 e. The zero-order chi connectivity index (χ0) is 17.0. The van der Waals surface area contributed by atoms with Crippen molar-refractivity contribution < 1.29 is 22.7 Å². The van der Waals surface area contributed by atoms with Gasteiger partial charge >= 0.3 is 0 Å². The van der Waals surface area contributed by atoms with Crippen LogP contribution in [0, 0.1) is 17.5 Å². The topological polar surface area (TPSA) is 38.3 Å². The van der Waals surface area contributed by atoms with Gasteiger partial charge < -0.3 is 10.1 Å². The van der Waals surface area contributed by atoms with Crippen LogP contribution in [0.4, 0.5) is 13.2 Å². The second kappa shape index (κ2) is 7.17. The molecule has 0 fully saturated rings. The molecule has 23 heavy (non-hydrogen) atoms.